The molecule has 2 heterocycles. The van der Waals surface area contributed by atoms with Crippen LogP contribution in [-0.4, -0.2) is 29.5 Å². The van der Waals surface area contributed by atoms with E-state index >= 15 is 0 Å². The Bertz CT molecular complexity index is 935. The molecule has 7 nitrogen and oxygen atoms in total. The van der Waals surface area contributed by atoms with Gasteiger partial charge in [-0.1, -0.05) is 6.07 Å². The van der Waals surface area contributed by atoms with Crippen LogP contribution >= 0.6 is 0 Å². The highest BCUT2D eigenvalue weighted by Gasteiger charge is 2.25. The highest BCUT2D eigenvalue weighted by atomic mass is 16.5. The maximum atomic E-state index is 12.3. The number of benzene rings is 1. The van der Waals surface area contributed by atoms with E-state index in [2.05, 4.69) is 15.6 Å². The van der Waals surface area contributed by atoms with E-state index in [1.807, 2.05) is 13.0 Å². The van der Waals surface area contributed by atoms with Gasteiger partial charge in [0.05, 0.1) is 23.7 Å². The van der Waals surface area contributed by atoms with Gasteiger partial charge in [0, 0.05) is 11.8 Å². The zero-order valence-electron chi connectivity index (χ0n) is 14.8. The van der Waals surface area contributed by atoms with E-state index in [1.165, 1.54) is 6.08 Å². The average Bonchev–Trinajstić information content (AvgIpc) is 3.46. The van der Waals surface area contributed by atoms with Gasteiger partial charge in [-0.25, -0.2) is 0 Å². The van der Waals surface area contributed by atoms with Gasteiger partial charge >= 0.3 is 0 Å². The number of carbonyl (C=O) groups excluding carboxylic acids is 2. The second kappa shape index (κ2) is 7.11. The Hall–Kier alpha value is -3.35. The number of nitrogens with zero attached hydrogens (tertiary/aromatic N) is 1. The molecule has 0 saturated heterocycles. The minimum atomic E-state index is -0.278. The van der Waals surface area contributed by atoms with Crippen LogP contribution in [0, 0.1) is 6.92 Å². The third-order valence-electron chi connectivity index (χ3n) is 4.14. The number of hydrogen-bond acceptors (Lipinski definition) is 5. The van der Waals surface area contributed by atoms with Gasteiger partial charge in [0.15, 0.2) is 12.4 Å². The van der Waals surface area contributed by atoms with Gasteiger partial charge in [-0.15, -0.1) is 0 Å². The normalized spacial score (nSPS) is 15.7. The van der Waals surface area contributed by atoms with Crippen molar-refractivity contribution in [3.05, 3.63) is 47.8 Å². The molecule has 0 radical (unpaired) electrons. The lowest BCUT2D eigenvalue weighted by atomic mass is 10.1. The summed E-state index contributed by atoms with van der Waals surface area (Å²) in [7, 11) is 0. The van der Waals surface area contributed by atoms with E-state index in [0.29, 0.717) is 22.9 Å². The predicted octanol–water partition coefficient (Wildman–Crippen LogP) is 2.91. The minimum Gasteiger partial charge on any atom is -0.487 e. The van der Waals surface area contributed by atoms with Crippen LogP contribution in [0.3, 0.4) is 0 Å². The lowest BCUT2D eigenvalue weighted by Gasteiger charge is -2.17. The van der Waals surface area contributed by atoms with Gasteiger partial charge in [-0.3, -0.25) is 14.6 Å². The molecule has 1 aromatic heterocycles. The van der Waals surface area contributed by atoms with E-state index in [4.69, 9.17) is 9.47 Å². The van der Waals surface area contributed by atoms with Crippen molar-refractivity contribution in [3.63, 3.8) is 0 Å². The summed E-state index contributed by atoms with van der Waals surface area (Å²) in [6, 6.07) is 7.13. The number of aryl methyl sites for hydroxylation is 1. The summed E-state index contributed by atoms with van der Waals surface area (Å²) in [5, 5.41) is 5.58. The first kappa shape index (κ1) is 17.1. The number of fused-ring (bicyclic) bond motifs is 1. The number of hydrogen-bond donors (Lipinski definition) is 2. The van der Waals surface area contributed by atoms with Gasteiger partial charge < -0.3 is 20.1 Å². The van der Waals surface area contributed by atoms with Gasteiger partial charge in [0.25, 0.3) is 5.91 Å². The zero-order chi connectivity index (χ0) is 18.8. The summed E-state index contributed by atoms with van der Waals surface area (Å²) in [5.74, 6) is 0.723. The van der Waals surface area contributed by atoms with Crippen molar-refractivity contribution in [1.82, 2.24) is 4.98 Å². The SMILES string of the molecule is Cc1cc(NC(=O)/C=C/c2ccc3c(c2)NC(=O)CO3)c(OC2CC2)cn1. The van der Waals surface area contributed by atoms with Crippen LogP contribution in [0.2, 0.25) is 0 Å². The Morgan fingerprint density at radius 3 is 3.04 bits per heavy atom. The van der Waals surface area contributed by atoms with Crippen molar-refractivity contribution >= 4 is 29.3 Å². The molecule has 2 aliphatic rings. The van der Waals surface area contributed by atoms with Gasteiger partial charge in [0.1, 0.15) is 5.75 Å². The summed E-state index contributed by atoms with van der Waals surface area (Å²) in [5.41, 5.74) is 2.77. The van der Waals surface area contributed by atoms with Crippen LogP contribution in [0.5, 0.6) is 11.5 Å². The summed E-state index contributed by atoms with van der Waals surface area (Å²) in [6.45, 7) is 1.87. The fourth-order valence-electron chi connectivity index (χ4n) is 2.66. The molecule has 2 aromatic rings. The van der Waals surface area contributed by atoms with Crippen molar-refractivity contribution in [1.29, 1.82) is 0 Å². The zero-order valence-corrected chi connectivity index (χ0v) is 14.8. The molecule has 138 valence electrons. The fraction of sp³-hybridized carbons (Fsp3) is 0.250. The Labute approximate surface area is 156 Å². The number of amides is 2. The standard InChI is InChI=1S/C20H19N3O4/c1-12-8-15(18(10-21-12)27-14-4-5-14)22-19(24)7-3-13-2-6-17-16(9-13)23-20(25)11-26-17/h2-3,6-10,14H,4-5,11H2,1H3,(H,23,25)(H,21,22,24)/b7-3+. The van der Waals surface area contributed by atoms with Gasteiger partial charge in [-0.2, -0.15) is 0 Å². The van der Waals surface area contributed by atoms with E-state index < -0.39 is 0 Å². The number of carbonyl (C=O) groups is 2. The average molecular weight is 365 g/mol. The van der Waals surface area contributed by atoms with Crippen LogP contribution in [-0.2, 0) is 9.59 Å². The summed E-state index contributed by atoms with van der Waals surface area (Å²) in [4.78, 5) is 28.0. The van der Waals surface area contributed by atoms with Crippen LogP contribution < -0.4 is 20.1 Å². The lowest BCUT2D eigenvalue weighted by molar-refractivity contribution is -0.118. The summed E-state index contributed by atoms with van der Waals surface area (Å²) < 4.78 is 11.1. The summed E-state index contributed by atoms with van der Waals surface area (Å²) >= 11 is 0. The van der Waals surface area contributed by atoms with Crippen LogP contribution in [0.25, 0.3) is 6.08 Å². The molecule has 2 N–H and O–H groups in total. The molecule has 27 heavy (non-hydrogen) atoms. The third kappa shape index (κ3) is 4.25. The molecule has 4 rings (SSSR count). The first-order valence-electron chi connectivity index (χ1n) is 8.76. The number of anilines is 2. The molecule has 1 saturated carbocycles. The number of pyridine rings is 1. The fourth-order valence-corrected chi connectivity index (χ4v) is 2.66. The molecule has 1 fully saturated rings. The number of nitrogens with one attached hydrogen (secondary N) is 2. The molecule has 0 unspecified atom stereocenters. The Kier molecular flexibility index (Phi) is 4.50. The maximum Gasteiger partial charge on any atom is 0.262 e. The Balaban J connectivity index is 1.46. The van der Waals surface area contributed by atoms with Crippen molar-refractivity contribution in [3.8, 4) is 11.5 Å². The van der Waals surface area contributed by atoms with Gasteiger partial charge in [0.2, 0.25) is 5.91 Å². The van der Waals surface area contributed by atoms with E-state index in [9.17, 15) is 9.59 Å². The van der Waals surface area contributed by atoms with Crippen LogP contribution in [0.15, 0.2) is 36.5 Å². The maximum absolute atomic E-state index is 12.3. The lowest BCUT2D eigenvalue weighted by Crippen LogP contribution is -2.25. The number of aromatic nitrogens is 1. The molecule has 1 aromatic carbocycles. The van der Waals surface area contributed by atoms with Crippen molar-refractivity contribution in [2.75, 3.05) is 17.2 Å². The molecule has 2 amide bonds. The smallest absolute Gasteiger partial charge is 0.262 e. The molecule has 0 spiro atoms. The Morgan fingerprint density at radius 2 is 2.22 bits per heavy atom. The predicted molar refractivity (Wildman–Crippen MR) is 101 cm³/mol. The molecular formula is C20H19N3O4. The third-order valence-corrected chi connectivity index (χ3v) is 4.14. The second-order valence-electron chi connectivity index (χ2n) is 6.55. The number of ether oxygens (including phenoxy) is 2. The van der Waals surface area contributed by atoms with Crippen molar-refractivity contribution in [2.24, 2.45) is 0 Å². The molecule has 7 heteroatoms. The molecule has 0 atom stereocenters. The van der Waals surface area contributed by atoms with Crippen molar-refractivity contribution in [2.45, 2.75) is 25.9 Å². The molecule has 1 aliphatic heterocycles. The first-order chi connectivity index (χ1) is 13.1. The largest absolute Gasteiger partial charge is 0.487 e. The molecule has 0 bridgehead atoms. The highest BCUT2D eigenvalue weighted by Crippen LogP contribution is 2.32. The van der Waals surface area contributed by atoms with Gasteiger partial charge in [-0.05, 0) is 49.6 Å². The summed E-state index contributed by atoms with van der Waals surface area (Å²) in [6.07, 6.45) is 7.02. The molecule has 1 aliphatic carbocycles. The number of rotatable bonds is 5. The monoisotopic (exact) mass is 365 g/mol. The van der Waals surface area contributed by atoms with E-state index in [-0.39, 0.29) is 24.5 Å². The second-order valence-corrected chi connectivity index (χ2v) is 6.55. The topological polar surface area (TPSA) is 89.6 Å². The van der Waals surface area contributed by atoms with E-state index in [1.54, 1.807) is 30.5 Å². The minimum absolute atomic E-state index is 0.0151. The first-order valence-corrected chi connectivity index (χ1v) is 8.76. The van der Waals surface area contributed by atoms with Crippen LogP contribution in [0.4, 0.5) is 11.4 Å². The Morgan fingerprint density at radius 1 is 1.37 bits per heavy atom. The quantitative estimate of drug-likeness (QED) is 0.795. The van der Waals surface area contributed by atoms with Crippen LogP contribution in [0.1, 0.15) is 24.1 Å². The molecular weight excluding hydrogens is 346 g/mol. The highest BCUT2D eigenvalue weighted by molar-refractivity contribution is 6.03. The van der Waals surface area contributed by atoms with Crippen molar-refractivity contribution < 1.29 is 19.1 Å². The van der Waals surface area contributed by atoms with E-state index in [0.717, 1.165) is 24.1 Å².